The van der Waals surface area contributed by atoms with Crippen LogP contribution in [0.3, 0.4) is 0 Å². The van der Waals surface area contributed by atoms with E-state index in [1.807, 2.05) is 43.5 Å². The van der Waals surface area contributed by atoms with E-state index in [0.717, 1.165) is 45.9 Å². The Morgan fingerprint density at radius 2 is 2.07 bits per heavy atom. The first-order chi connectivity index (χ1) is 14.7. The highest BCUT2D eigenvalue weighted by Crippen LogP contribution is 2.42. The second-order valence-electron chi connectivity index (χ2n) is 7.57. The van der Waals surface area contributed by atoms with Crippen molar-refractivity contribution in [2.45, 2.75) is 31.0 Å². The van der Waals surface area contributed by atoms with Crippen LogP contribution in [0.1, 0.15) is 34.8 Å². The average Bonchev–Trinajstić information content (AvgIpc) is 3.38. The number of thioether (sulfide) groups is 1. The number of methoxy groups -OCH3 is 1. The number of fused-ring (bicyclic) bond motifs is 1. The van der Waals surface area contributed by atoms with Gasteiger partial charge in [-0.3, -0.25) is 9.36 Å². The minimum absolute atomic E-state index is 0.0274. The van der Waals surface area contributed by atoms with Gasteiger partial charge in [-0.2, -0.15) is 0 Å². The van der Waals surface area contributed by atoms with Crippen LogP contribution in [0.4, 0.5) is 0 Å². The number of H-pyrrole nitrogens is 1. The molecule has 0 spiro atoms. The quantitative estimate of drug-likeness (QED) is 0.336. The van der Waals surface area contributed by atoms with Gasteiger partial charge in [0.1, 0.15) is 5.75 Å². The molecule has 2 aromatic carbocycles. The zero-order valence-electron chi connectivity index (χ0n) is 16.9. The Hall–Kier alpha value is -3.06. The van der Waals surface area contributed by atoms with E-state index in [1.54, 1.807) is 7.11 Å². The van der Waals surface area contributed by atoms with Gasteiger partial charge >= 0.3 is 0 Å². The van der Waals surface area contributed by atoms with Gasteiger partial charge in [0.2, 0.25) is 0 Å². The molecule has 30 heavy (non-hydrogen) atoms. The van der Waals surface area contributed by atoms with Gasteiger partial charge in [-0.05, 0) is 38.0 Å². The van der Waals surface area contributed by atoms with Crippen LogP contribution in [0.2, 0.25) is 0 Å². The van der Waals surface area contributed by atoms with Gasteiger partial charge < -0.3 is 9.72 Å². The molecule has 0 aliphatic heterocycles. The molecule has 152 valence electrons. The lowest BCUT2D eigenvalue weighted by Gasteiger charge is -2.10. The van der Waals surface area contributed by atoms with Crippen molar-refractivity contribution in [2.75, 3.05) is 12.9 Å². The van der Waals surface area contributed by atoms with E-state index in [9.17, 15) is 4.79 Å². The Labute approximate surface area is 178 Å². The number of para-hydroxylation sites is 1. The molecule has 1 N–H and O–H groups in total. The number of carbonyl (C=O) groups is 1. The Morgan fingerprint density at radius 1 is 1.23 bits per heavy atom. The molecule has 1 aliphatic carbocycles. The highest BCUT2D eigenvalue weighted by Gasteiger charge is 2.31. The van der Waals surface area contributed by atoms with Crippen LogP contribution >= 0.6 is 11.8 Å². The van der Waals surface area contributed by atoms with Crippen molar-refractivity contribution in [3.05, 3.63) is 59.8 Å². The summed E-state index contributed by atoms with van der Waals surface area (Å²) in [5, 5.41) is 10.9. The van der Waals surface area contributed by atoms with Crippen molar-refractivity contribution in [1.82, 2.24) is 19.7 Å². The molecule has 0 saturated heterocycles. The van der Waals surface area contributed by atoms with Gasteiger partial charge in [-0.1, -0.05) is 41.6 Å². The van der Waals surface area contributed by atoms with Crippen molar-refractivity contribution >= 4 is 28.4 Å². The molecule has 6 nitrogen and oxygen atoms in total. The summed E-state index contributed by atoms with van der Waals surface area (Å²) in [5.41, 5.74) is 3.77. The van der Waals surface area contributed by atoms with Gasteiger partial charge in [0, 0.05) is 28.7 Å². The number of aromatic nitrogens is 4. The van der Waals surface area contributed by atoms with Gasteiger partial charge in [-0.25, -0.2) is 0 Å². The van der Waals surface area contributed by atoms with Crippen LogP contribution in [0, 0.1) is 6.92 Å². The molecule has 0 amide bonds. The number of carbonyl (C=O) groups excluding carboxylic acids is 1. The maximum absolute atomic E-state index is 12.9. The van der Waals surface area contributed by atoms with Gasteiger partial charge in [0.15, 0.2) is 16.8 Å². The molecule has 0 unspecified atom stereocenters. The summed E-state index contributed by atoms with van der Waals surface area (Å²) in [5.74, 6) is 1.78. The molecular weight excluding hydrogens is 396 g/mol. The van der Waals surface area contributed by atoms with Gasteiger partial charge in [0.05, 0.1) is 18.4 Å². The molecule has 1 aliphatic rings. The predicted octanol–water partition coefficient (Wildman–Crippen LogP) is 5.05. The van der Waals surface area contributed by atoms with Crippen molar-refractivity contribution in [2.24, 2.45) is 0 Å². The summed E-state index contributed by atoms with van der Waals surface area (Å²) in [6.45, 7) is 1.97. The lowest BCUT2D eigenvalue weighted by molar-refractivity contribution is 0.101. The molecule has 0 atom stereocenters. The number of rotatable bonds is 7. The zero-order chi connectivity index (χ0) is 20.7. The predicted molar refractivity (Wildman–Crippen MR) is 118 cm³/mol. The molecule has 2 heterocycles. The summed E-state index contributed by atoms with van der Waals surface area (Å²) in [4.78, 5) is 16.2. The normalized spacial score (nSPS) is 13.7. The van der Waals surface area contributed by atoms with Gasteiger partial charge in [-0.15, -0.1) is 10.2 Å². The lowest BCUT2D eigenvalue weighted by Crippen LogP contribution is -2.07. The Morgan fingerprint density at radius 3 is 2.87 bits per heavy atom. The molecule has 2 aromatic heterocycles. The van der Waals surface area contributed by atoms with E-state index >= 15 is 0 Å². The number of ether oxygens (including phenoxy) is 1. The van der Waals surface area contributed by atoms with Crippen LogP contribution in [0.15, 0.2) is 53.8 Å². The molecule has 5 rings (SSSR count). The van der Waals surface area contributed by atoms with Crippen molar-refractivity contribution in [1.29, 1.82) is 0 Å². The number of aryl methyl sites for hydroxylation is 1. The van der Waals surface area contributed by atoms with Crippen LogP contribution in [-0.2, 0) is 0 Å². The first kappa shape index (κ1) is 18.9. The van der Waals surface area contributed by atoms with E-state index in [1.165, 1.54) is 11.8 Å². The molecule has 0 radical (unpaired) electrons. The third-order valence-electron chi connectivity index (χ3n) is 5.39. The number of Topliss-reactive ketones (excluding diaryl/α,β-unsaturated/α-hetero) is 1. The Balaban J connectivity index is 1.44. The second kappa shape index (κ2) is 7.65. The number of nitrogens with one attached hydrogen (secondary N) is 1. The zero-order valence-corrected chi connectivity index (χ0v) is 17.7. The molecule has 0 bridgehead atoms. The van der Waals surface area contributed by atoms with Crippen LogP contribution in [0.5, 0.6) is 5.75 Å². The molecule has 4 aromatic rings. The van der Waals surface area contributed by atoms with E-state index in [2.05, 4.69) is 31.9 Å². The topological polar surface area (TPSA) is 72.8 Å². The minimum atomic E-state index is 0.0274. The minimum Gasteiger partial charge on any atom is -0.496 e. The van der Waals surface area contributed by atoms with Crippen molar-refractivity contribution in [3.63, 3.8) is 0 Å². The Kier molecular flexibility index (Phi) is 4.83. The monoisotopic (exact) mass is 418 g/mol. The summed E-state index contributed by atoms with van der Waals surface area (Å²) >= 11 is 1.44. The molecule has 1 saturated carbocycles. The SMILES string of the molecule is COc1ccc(C)cc1C(=O)CSc1nnc(-c2c[nH]c3ccccc23)n1C1CC1. The summed E-state index contributed by atoms with van der Waals surface area (Å²) in [6.07, 6.45) is 4.21. The molecular formula is C23H22N4O2S. The molecule has 1 fully saturated rings. The number of ketones is 1. The van der Waals surface area contributed by atoms with E-state index in [0.29, 0.717) is 23.1 Å². The smallest absolute Gasteiger partial charge is 0.192 e. The number of nitrogens with zero attached hydrogens (tertiary/aromatic N) is 3. The maximum Gasteiger partial charge on any atom is 0.192 e. The number of hydrogen-bond donors (Lipinski definition) is 1. The fourth-order valence-electron chi connectivity index (χ4n) is 3.73. The summed E-state index contributed by atoms with van der Waals surface area (Å²) in [7, 11) is 1.59. The number of hydrogen-bond acceptors (Lipinski definition) is 5. The van der Waals surface area contributed by atoms with E-state index in [4.69, 9.17) is 4.74 Å². The fraction of sp³-hybridized carbons (Fsp3) is 0.261. The number of benzene rings is 2. The van der Waals surface area contributed by atoms with Crippen LogP contribution in [-0.4, -0.2) is 38.4 Å². The van der Waals surface area contributed by atoms with Crippen LogP contribution < -0.4 is 4.74 Å². The molecule has 7 heteroatoms. The lowest BCUT2D eigenvalue weighted by atomic mass is 10.1. The average molecular weight is 419 g/mol. The highest BCUT2D eigenvalue weighted by atomic mass is 32.2. The number of aromatic amines is 1. The third-order valence-corrected chi connectivity index (χ3v) is 6.34. The van der Waals surface area contributed by atoms with E-state index < -0.39 is 0 Å². The largest absolute Gasteiger partial charge is 0.496 e. The van der Waals surface area contributed by atoms with Crippen LogP contribution in [0.25, 0.3) is 22.3 Å². The fourth-order valence-corrected chi connectivity index (χ4v) is 4.61. The van der Waals surface area contributed by atoms with Crippen molar-refractivity contribution < 1.29 is 9.53 Å². The summed E-state index contributed by atoms with van der Waals surface area (Å²) in [6, 6.07) is 14.3. The third kappa shape index (κ3) is 3.39. The van der Waals surface area contributed by atoms with E-state index in [-0.39, 0.29) is 5.78 Å². The highest BCUT2D eigenvalue weighted by molar-refractivity contribution is 7.99. The Bertz CT molecular complexity index is 1240. The maximum atomic E-state index is 12.9. The first-order valence-electron chi connectivity index (χ1n) is 9.97. The second-order valence-corrected chi connectivity index (χ2v) is 8.51. The van der Waals surface area contributed by atoms with Crippen molar-refractivity contribution in [3.8, 4) is 17.1 Å². The summed E-state index contributed by atoms with van der Waals surface area (Å²) < 4.78 is 7.57. The standard InChI is InChI=1S/C23H22N4O2S/c1-14-7-10-21(29-2)17(11-14)20(28)13-30-23-26-25-22(27(23)15-8-9-15)18-12-24-19-6-4-3-5-16(18)19/h3-7,10-12,15,24H,8-9,13H2,1-2H3. The first-order valence-corrected chi connectivity index (χ1v) is 11.0. The van der Waals surface area contributed by atoms with Gasteiger partial charge in [0.25, 0.3) is 0 Å².